The third kappa shape index (κ3) is 6.59. The van der Waals surface area contributed by atoms with E-state index < -0.39 is 22.0 Å². The van der Waals surface area contributed by atoms with Gasteiger partial charge in [-0.25, -0.2) is 13.1 Å². The van der Waals surface area contributed by atoms with Gasteiger partial charge in [0.25, 0.3) is 0 Å². The van der Waals surface area contributed by atoms with Gasteiger partial charge in [-0.15, -0.1) is 5.10 Å². The van der Waals surface area contributed by atoms with Crippen molar-refractivity contribution in [2.45, 2.75) is 25.7 Å². The third-order valence-corrected chi connectivity index (χ3v) is 8.06. The lowest BCUT2D eigenvalue weighted by molar-refractivity contribution is -0.145. The fourth-order valence-electron chi connectivity index (χ4n) is 3.93. The molecule has 4 rings (SSSR count). The number of hydrogen-bond acceptors (Lipinski definition) is 7. The van der Waals surface area contributed by atoms with Crippen molar-refractivity contribution >= 4 is 39.2 Å². The van der Waals surface area contributed by atoms with Crippen LogP contribution in [-0.2, 0) is 39.2 Å². The predicted molar refractivity (Wildman–Crippen MR) is 132 cm³/mol. The van der Waals surface area contributed by atoms with Crippen molar-refractivity contribution in [2.75, 3.05) is 26.0 Å². The first-order valence-corrected chi connectivity index (χ1v) is 13.3. The van der Waals surface area contributed by atoms with E-state index in [1.165, 1.54) is 11.4 Å². The molecule has 1 fully saturated rings. The summed E-state index contributed by atoms with van der Waals surface area (Å²) in [4.78, 5) is 14.6. The summed E-state index contributed by atoms with van der Waals surface area (Å²) in [5.74, 6) is -0.742. The maximum Gasteiger partial charge on any atom is 0.325 e. The lowest BCUT2D eigenvalue weighted by Crippen LogP contribution is -2.48. The average Bonchev–Trinajstić information content (AvgIpc) is 3.23. The SMILES string of the molecule is COC(=O)C1CN(Cc2cn(Cc3ccc(Cl)cc3)nn2)CCS(=O)(=O)N1Cc1ccc(Cl)cc1. The highest BCUT2D eigenvalue weighted by Crippen LogP contribution is 2.22. The third-order valence-electron chi connectivity index (χ3n) is 5.76. The van der Waals surface area contributed by atoms with E-state index in [2.05, 4.69) is 10.3 Å². The molecule has 12 heteroatoms. The minimum absolute atomic E-state index is 0.0460. The second kappa shape index (κ2) is 11.0. The van der Waals surface area contributed by atoms with Crippen molar-refractivity contribution in [3.63, 3.8) is 0 Å². The Bertz CT molecular complexity index is 1270. The molecule has 0 radical (unpaired) electrons. The monoisotopic (exact) mass is 537 g/mol. The average molecular weight is 538 g/mol. The molecule has 2 aromatic carbocycles. The van der Waals surface area contributed by atoms with Crippen LogP contribution in [0.25, 0.3) is 0 Å². The van der Waals surface area contributed by atoms with E-state index in [0.717, 1.165) is 11.1 Å². The molecule has 9 nitrogen and oxygen atoms in total. The zero-order chi connectivity index (χ0) is 25.0. The van der Waals surface area contributed by atoms with Crippen molar-refractivity contribution < 1.29 is 17.9 Å². The minimum atomic E-state index is -3.73. The number of halogens is 2. The van der Waals surface area contributed by atoms with Gasteiger partial charge in [-0.2, -0.15) is 4.31 Å². The van der Waals surface area contributed by atoms with Crippen LogP contribution in [0.4, 0.5) is 0 Å². The van der Waals surface area contributed by atoms with Gasteiger partial charge in [0.2, 0.25) is 10.0 Å². The number of esters is 1. The van der Waals surface area contributed by atoms with Gasteiger partial charge in [-0.3, -0.25) is 9.69 Å². The summed E-state index contributed by atoms with van der Waals surface area (Å²) < 4.78 is 34.2. The summed E-state index contributed by atoms with van der Waals surface area (Å²) in [5, 5.41) is 9.61. The van der Waals surface area contributed by atoms with Crippen LogP contribution in [0.1, 0.15) is 16.8 Å². The zero-order valence-electron chi connectivity index (χ0n) is 19.0. The Hall–Kier alpha value is -2.50. The van der Waals surface area contributed by atoms with Crippen LogP contribution in [0, 0.1) is 0 Å². The normalized spacial score (nSPS) is 18.8. The summed E-state index contributed by atoms with van der Waals surface area (Å²) in [6.45, 7) is 1.33. The molecule has 0 spiro atoms. The molecule has 3 aromatic rings. The molecule has 2 heterocycles. The number of rotatable bonds is 7. The van der Waals surface area contributed by atoms with E-state index >= 15 is 0 Å². The highest BCUT2D eigenvalue weighted by molar-refractivity contribution is 7.89. The summed E-state index contributed by atoms with van der Waals surface area (Å²) in [7, 11) is -2.47. The van der Waals surface area contributed by atoms with E-state index in [1.54, 1.807) is 28.9 Å². The Morgan fingerprint density at radius 2 is 1.60 bits per heavy atom. The number of carbonyl (C=O) groups excluding carboxylic acids is 1. The topological polar surface area (TPSA) is 97.6 Å². The summed E-state index contributed by atoms with van der Waals surface area (Å²) in [6, 6.07) is 13.3. The molecular formula is C23H25Cl2N5O4S. The van der Waals surface area contributed by atoms with Crippen LogP contribution in [0.15, 0.2) is 54.7 Å². The van der Waals surface area contributed by atoms with Gasteiger partial charge < -0.3 is 4.74 Å². The van der Waals surface area contributed by atoms with E-state index in [-0.39, 0.29) is 25.4 Å². The number of sulfonamides is 1. The van der Waals surface area contributed by atoms with E-state index in [4.69, 9.17) is 27.9 Å². The van der Waals surface area contributed by atoms with Crippen LogP contribution < -0.4 is 0 Å². The quantitative estimate of drug-likeness (QED) is 0.427. The zero-order valence-corrected chi connectivity index (χ0v) is 21.4. The van der Waals surface area contributed by atoms with Crippen molar-refractivity contribution in [1.82, 2.24) is 24.2 Å². The molecule has 0 bridgehead atoms. The van der Waals surface area contributed by atoms with Crippen molar-refractivity contribution in [3.8, 4) is 0 Å². The van der Waals surface area contributed by atoms with E-state index in [0.29, 0.717) is 28.8 Å². The van der Waals surface area contributed by atoms with Gasteiger partial charge in [0.05, 0.1) is 31.3 Å². The van der Waals surface area contributed by atoms with Crippen molar-refractivity contribution in [3.05, 3.63) is 81.6 Å². The highest BCUT2D eigenvalue weighted by Gasteiger charge is 2.39. The van der Waals surface area contributed by atoms with Gasteiger partial charge in [-0.05, 0) is 35.4 Å². The lowest BCUT2D eigenvalue weighted by Gasteiger charge is -2.28. The molecule has 1 aliphatic rings. The number of carbonyl (C=O) groups is 1. The summed E-state index contributed by atoms with van der Waals surface area (Å²) in [5.41, 5.74) is 2.42. The van der Waals surface area contributed by atoms with Gasteiger partial charge in [0.15, 0.2) is 0 Å². The summed E-state index contributed by atoms with van der Waals surface area (Å²) in [6.07, 6.45) is 1.81. The first-order valence-electron chi connectivity index (χ1n) is 10.9. The Labute approximate surface area is 214 Å². The molecule has 1 saturated heterocycles. The Morgan fingerprint density at radius 3 is 2.20 bits per heavy atom. The molecule has 1 aromatic heterocycles. The van der Waals surface area contributed by atoms with E-state index in [1.807, 2.05) is 35.4 Å². The van der Waals surface area contributed by atoms with Crippen LogP contribution in [0.5, 0.6) is 0 Å². The lowest BCUT2D eigenvalue weighted by atomic mass is 10.2. The number of hydrogen-bond donors (Lipinski definition) is 0. The van der Waals surface area contributed by atoms with Gasteiger partial charge >= 0.3 is 5.97 Å². The van der Waals surface area contributed by atoms with E-state index in [9.17, 15) is 13.2 Å². The smallest absolute Gasteiger partial charge is 0.325 e. The van der Waals surface area contributed by atoms with Crippen molar-refractivity contribution in [1.29, 1.82) is 0 Å². The Morgan fingerprint density at radius 1 is 1.00 bits per heavy atom. The molecule has 0 aliphatic carbocycles. The number of methoxy groups -OCH3 is 1. The molecule has 0 saturated carbocycles. The molecule has 0 amide bonds. The molecule has 35 heavy (non-hydrogen) atoms. The number of ether oxygens (including phenoxy) is 1. The predicted octanol–water partition coefficient (Wildman–Crippen LogP) is 2.82. The molecular weight excluding hydrogens is 513 g/mol. The Balaban J connectivity index is 1.50. The fourth-order valence-corrected chi connectivity index (χ4v) is 5.79. The second-order valence-corrected chi connectivity index (χ2v) is 11.2. The van der Waals surface area contributed by atoms with Crippen LogP contribution in [0.3, 0.4) is 0 Å². The van der Waals surface area contributed by atoms with Gasteiger partial charge in [0.1, 0.15) is 6.04 Å². The molecule has 0 N–H and O–H groups in total. The maximum absolute atomic E-state index is 13.2. The maximum atomic E-state index is 13.2. The highest BCUT2D eigenvalue weighted by atomic mass is 35.5. The standard InChI is InChI=1S/C23H25Cl2N5O4S/c1-34-23(31)22-16-28(10-11-35(32,33)30(22)13-18-4-8-20(25)9-5-18)14-21-15-29(27-26-21)12-17-2-6-19(24)7-3-17/h2-9,15,22H,10-14,16H2,1H3. The first kappa shape index (κ1) is 25.6. The van der Waals surface area contributed by atoms with Gasteiger partial charge in [0, 0.05) is 36.2 Å². The minimum Gasteiger partial charge on any atom is -0.468 e. The molecule has 1 unspecified atom stereocenters. The van der Waals surface area contributed by atoms with Crippen LogP contribution in [-0.4, -0.2) is 70.6 Å². The number of aromatic nitrogens is 3. The Kier molecular flexibility index (Phi) is 8.08. The van der Waals surface area contributed by atoms with Gasteiger partial charge in [-0.1, -0.05) is 52.7 Å². The van der Waals surface area contributed by atoms with Crippen LogP contribution >= 0.6 is 23.2 Å². The number of nitrogens with zero attached hydrogens (tertiary/aromatic N) is 5. The van der Waals surface area contributed by atoms with Crippen molar-refractivity contribution in [2.24, 2.45) is 0 Å². The molecule has 1 aliphatic heterocycles. The largest absolute Gasteiger partial charge is 0.468 e. The second-order valence-electron chi connectivity index (χ2n) is 8.30. The number of benzene rings is 2. The summed E-state index contributed by atoms with van der Waals surface area (Å²) >= 11 is 11.9. The fraction of sp³-hybridized carbons (Fsp3) is 0.348. The molecule has 186 valence electrons. The first-order chi connectivity index (χ1) is 16.7. The molecule has 1 atom stereocenters. The van der Waals surface area contributed by atoms with Crippen LogP contribution in [0.2, 0.25) is 10.0 Å².